The molecule has 94 valence electrons. The van der Waals surface area contributed by atoms with Crippen LogP contribution in [-0.4, -0.2) is 19.3 Å². The van der Waals surface area contributed by atoms with Crippen molar-refractivity contribution >= 4 is 0 Å². The number of methoxy groups -OCH3 is 2. The molecule has 0 radical (unpaired) electrons. The Hall–Kier alpha value is -1.49. The highest BCUT2D eigenvalue weighted by Crippen LogP contribution is 2.49. The number of nitrogens with two attached hydrogens (primary N) is 1. The fourth-order valence-electron chi connectivity index (χ4n) is 2.21. The van der Waals surface area contributed by atoms with E-state index in [4.69, 9.17) is 15.2 Å². The van der Waals surface area contributed by atoms with Gasteiger partial charge in [-0.15, -0.1) is 0 Å². The van der Waals surface area contributed by atoms with Crippen LogP contribution in [0.25, 0.3) is 0 Å². The van der Waals surface area contributed by atoms with Gasteiger partial charge in [0.25, 0.3) is 0 Å². The molecular weight excluding hydrogens is 225 g/mol. The van der Waals surface area contributed by atoms with Crippen molar-refractivity contribution in [2.45, 2.75) is 24.8 Å². The zero-order chi connectivity index (χ0) is 12.6. The summed E-state index contributed by atoms with van der Waals surface area (Å²) in [6, 6.07) is 1.19. The van der Waals surface area contributed by atoms with Crippen molar-refractivity contribution in [1.82, 2.24) is 0 Å². The summed E-state index contributed by atoms with van der Waals surface area (Å²) in [5, 5.41) is 9.55. The third-order valence-corrected chi connectivity index (χ3v) is 3.33. The second kappa shape index (κ2) is 4.07. The Morgan fingerprint density at radius 3 is 2.41 bits per heavy atom. The molecule has 0 amide bonds. The number of phenolic OH excluding ortho intramolecular Hbond substituents is 1. The molecule has 0 spiro atoms. The van der Waals surface area contributed by atoms with Gasteiger partial charge in [-0.3, -0.25) is 0 Å². The largest absolute Gasteiger partial charge is 0.505 e. The molecule has 4 nitrogen and oxygen atoms in total. The van der Waals surface area contributed by atoms with E-state index in [1.165, 1.54) is 20.3 Å². The molecule has 2 rings (SSSR count). The summed E-state index contributed by atoms with van der Waals surface area (Å²) >= 11 is 0. The maximum atomic E-state index is 14.0. The zero-order valence-electron chi connectivity index (χ0n) is 9.92. The van der Waals surface area contributed by atoms with E-state index in [1.54, 1.807) is 0 Å². The lowest BCUT2D eigenvalue weighted by Gasteiger charge is -2.39. The second-order valence-electron chi connectivity index (χ2n) is 4.33. The summed E-state index contributed by atoms with van der Waals surface area (Å²) in [6.45, 7) is 0. The summed E-state index contributed by atoms with van der Waals surface area (Å²) in [4.78, 5) is 0. The Morgan fingerprint density at radius 2 is 2.00 bits per heavy atom. The van der Waals surface area contributed by atoms with Crippen LogP contribution in [0.15, 0.2) is 6.07 Å². The number of hydrogen-bond acceptors (Lipinski definition) is 4. The van der Waals surface area contributed by atoms with E-state index >= 15 is 0 Å². The quantitative estimate of drug-likeness (QED) is 0.848. The summed E-state index contributed by atoms with van der Waals surface area (Å²) in [6.07, 6.45) is 2.29. The lowest BCUT2D eigenvalue weighted by Crippen LogP contribution is -2.44. The van der Waals surface area contributed by atoms with Gasteiger partial charge in [-0.05, 0) is 19.3 Å². The minimum absolute atomic E-state index is 0.211. The third kappa shape index (κ3) is 1.70. The monoisotopic (exact) mass is 241 g/mol. The van der Waals surface area contributed by atoms with Crippen LogP contribution in [0, 0.1) is 5.82 Å². The topological polar surface area (TPSA) is 64.7 Å². The van der Waals surface area contributed by atoms with Crippen LogP contribution in [-0.2, 0) is 5.54 Å². The van der Waals surface area contributed by atoms with Crippen molar-refractivity contribution in [1.29, 1.82) is 0 Å². The fourth-order valence-corrected chi connectivity index (χ4v) is 2.21. The van der Waals surface area contributed by atoms with Crippen LogP contribution < -0.4 is 15.2 Å². The minimum atomic E-state index is -0.762. The molecule has 3 N–H and O–H groups in total. The SMILES string of the molecule is COc1cc(O)c(F)c(C2(N)CCC2)c1OC. The van der Waals surface area contributed by atoms with Crippen molar-refractivity contribution in [2.75, 3.05) is 14.2 Å². The van der Waals surface area contributed by atoms with Gasteiger partial charge in [-0.2, -0.15) is 0 Å². The van der Waals surface area contributed by atoms with Gasteiger partial charge in [-0.25, -0.2) is 4.39 Å². The first-order valence-electron chi connectivity index (χ1n) is 5.46. The maximum absolute atomic E-state index is 14.0. The Morgan fingerprint density at radius 1 is 1.35 bits per heavy atom. The average molecular weight is 241 g/mol. The van der Waals surface area contributed by atoms with Gasteiger partial charge >= 0.3 is 0 Å². The van der Waals surface area contributed by atoms with Gasteiger partial charge in [0.15, 0.2) is 23.1 Å². The minimum Gasteiger partial charge on any atom is -0.505 e. The lowest BCUT2D eigenvalue weighted by atomic mass is 9.72. The number of benzene rings is 1. The van der Waals surface area contributed by atoms with Crippen LogP contribution >= 0.6 is 0 Å². The highest BCUT2D eigenvalue weighted by atomic mass is 19.1. The average Bonchev–Trinajstić information content (AvgIpc) is 2.28. The molecule has 0 aliphatic heterocycles. The molecule has 0 atom stereocenters. The molecule has 0 aromatic heterocycles. The summed E-state index contributed by atoms with van der Waals surface area (Å²) in [5.41, 5.74) is 5.56. The Labute approximate surface area is 99.1 Å². The van der Waals surface area contributed by atoms with E-state index < -0.39 is 17.1 Å². The molecule has 1 fully saturated rings. The predicted molar refractivity (Wildman–Crippen MR) is 60.9 cm³/mol. The Kier molecular flexibility index (Phi) is 2.87. The highest BCUT2D eigenvalue weighted by Gasteiger charge is 2.41. The normalized spacial score (nSPS) is 17.4. The molecule has 1 saturated carbocycles. The number of hydrogen-bond donors (Lipinski definition) is 2. The second-order valence-corrected chi connectivity index (χ2v) is 4.33. The Balaban J connectivity index is 2.65. The molecule has 0 bridgehead atoms. The number of phenols is 1. The molecule has 1 aromatic carbocycles. The molecule has 0 heterocycles. The van der Waals surface area contributed by atoms with E-state index in [2.05, 4.69) is 0 Å². The van der Waals surface area contributed by atoms with Gasteiger partial charge in [0.1, 0.15) is 0 Å². The van der Waals surface area contributed by atoms with Crippen molar-refractivity contribution in [2.24, 2.45) is 5.73 Å². The first-order valence-corrected chi connectivity index (χ1v) is 5.46. The smallest absolute Gasteiger partial charge is 0.173 e. The highest BCUT2D eigenvalue weighted by molar-refractivity contribution is 5.55. The number of aromatic hydroxyl groups is 1. The number of halogens is 1. The van der Waals surface area contributed by atoms with Crippen LogP contribution in [0.1, 0.15) is 24.8 Å². The van der Waals surface area contributed by atoms with Crippen molar-refractivity contribution in [3.05, 3.63) is 17.4 Å². The molecular formula is C12H16FNO3. The predicted octanol–water partition coefficient (Wildman–Crippen LogP) is 1.89. The lowest BCUT2D eigenvalue weighted by molar-refractivity contribution is 0.228. The van der Waals surface area contributed by atoms with E-state index in [0.717, 1.165) is 6.42 Å². The molecule has 1 aliphatic rings. The molecule has 1 aliphatic carbocycles. The van der Waals surface area contributed by atoms with E-state index in [0.29, 0.717) is 12.8 Å². The molecule has 0 unspecified atom stereocenters. The summed E-state index contributed by atoms with van der Waals surface area (Å²) in [7, 11) is 2.86. The number of ether oxygens (including phenoxy) is 2. The first-order chi connectivity index (χ1) is 8.03. The van der Waals surface area contributed by atoms with Crippen molar-refractivity contribution in [3.8, 4) is 17.2 Å². The van der Waals surface area contributed by atoms with Gasteiger partial charge in [0.2, 0.25) is 0 Å². The van der Waals surface area contributed by atoms with Crippen LogP contribution in [0.4, 0.5) is 4.39 Å². The van der Waals surface area contributed by atoms with Crippen LogP contribution in [0.5, 0.6) is 17.2 Å². The molecule has 0 saturated heterocycles. The Bertz CT molecular complexity index is 444. The van der Waals surface area contributed by atoms with E-state index in [9.17, 15) is 9.50 Å². The van der Waals surface area contributed by atoms with Crippen LogP contribution in [0.3, 0.4) is 0 Å². The van der Waals surface area contributed by atoms with E-state index in [1.807, 2.05) is 0 Å². The standard InChI is InChI=1S/C12H16FNO3/c1-16-8-6-7(15)10(13)9(11(8)17-2)12(14)4-3-5-12/h6,15H,3-5,14H2,1-2H3. The molecule has 5 heteroatoms. The van der Waals surface area contributed by atoms with Gasteiger partial charge in [-0.1, -0.05) is 0 Å². The summed E-state index contributed by atoms with van der Waals surface area (Å²) in [5.74, 6) is -0.623. The van der Waals surface area contributed by atoms with Gasteiger partial charge in [0.05, 0.1) is 19.8 Å². The van der Waals surface area contributed by atoms with Crippen molar-refractivity contribution < 1.29 is 19.0 Å². The van der Waals surface area contributed by atoms with E-state index in [-0.39, 0.29) is 17.1 Å². The van der Waals surface area contributed by atoms with Gasteiger partial charge in [0, 0.05) is 11.6 Å². The first kappa shape index (κ1) is 12.0. The van der Waals surface area contributed by atoms with Crippen molar-refractivity contribution in [3.63, 3.8) is 0 Å². The number of rotatable bonds is 3. The molecule has 1 aromatic rings. The zero-order valence-corrected chi connectivity index (χ0v) is 9.92. The fraction of sp³-hybridized carbons (Fsp3) is 0.500. The molecule has 17 heavy (non-hydrogen) atoms. The van der Waals surface area contributed by atoms with Crippen LogP contribution in [0.2, 0.25) is 0 Å². The summed E-state index contributed by atoms with van der Waals surface area (Å²) < 4.78 is 24.3. The third-order valence-electron chi connectivity index (χ3n) is 3.33. The maximum Gasteiger partial charge on any atom is 0.173 e. The van der Waals surface area contributed by atoms with Gasteiger partial charge < -0.3 is 20.3 Å².